The van der Waals surface area contributed by atoms with Crippen molar-refractivity contribution in [2.45, 2.75) is 51.5 Å². The van der Waals surface area contributed by atoms with Crippen LogP contribution in [0.25, 0.3) is 22.2 Å². The van der Waals surface area contributed by atoms with Crippen LogP contribution in [0.1, 0.15) is 59.5 Å². The zero-order valence-electron chi connectivity index (χ0n) is 21.5. The highest BCUT2D eigenvalue weighted by molar-refractivity contribution is 6.00. The first-order chi connectivity index (χ1) is 18.0. The first kappa shape index (κ1) is 24.0. The van der Waals surface area contributed by atoms with Crippen molar-refractivity contribution >= 4 is 28.5 Å². The second kappa shape index (κ2) is 9.86. The number of carboxylic acid groups (broad SMARTS) is 1. The number of aromatic carboxylic acids is 1. The molecular formula is C30H35N3O4. The Labute approximate surface area is 217 Å². The van der Waals surface area contributed by atoms with Gasteiger partial charge < -0.3 is 24.2 Å². The third-order valence-corrected chi connectivity index (χ3v) is 8.40. The van der Waals surface area contributed by atoms with Crippen molar-refractivity contribution in [3.8, 4) is 11.3 Å². The minimum absolute atomic E-state index is 0.132. The predicted molar refractivity (Wildman–Crippen MR) is 145 cm³/mol. The summed E-state index contributed by atoms with van der Waals surface area (Å²) < 4.78 is 7.78. The zero-order chi connectivity index (χ0) is 25.5. The molecule has 2 fully saturated rings. The summed E-state index contributed by atoms with van der Waals surface area (Å²) in [5.41, 5.74) is 7.28. The van der Waals surface area contributed by atoms with Gasteiger partial charge in [0.2, 0.25) is 5.91 Å². The second-order valence-corrected chi connectivity index (χ2v) is 10.7. The summed E-state index contributed by atoms with van der Waals surface area (Å²) in [6.07, 6.45) is 6.05. The van der Waals surface area contributed by atoms with Gasteiger partial charge in [0.1, 0.15) is 0 Å². The molecule has 1 N–H and O–H groups in total. The number of hydrogen-bond acceptors (Lipinski definition) is 4. The fourth-order valence-corrected chi connectivity index (χ4v) is 6.52. The summed E-state index contributed by atoms with van der Waals surface area (Å²) in [6.45, 7) is 6.29. The van der Waals surface area contributed by atoms with Crippen LogP contribution in [0.15, 0.2) is 36.4 Å². The number of anilines is 1. The average Bonchev–Trinajstić information content (AvgIpc) is 3.16. The standard InChI is InChI=1S/C30H35N3O4/c1-20-7-9-24-25(17-20)32(19-27(34)31-13-15-37-16-14-31)11-12-33-26-18-22(30(35)36)8-10-23(26)28(29(24)33)21-5-3-2-4-6-21/h7-10,17-18,21H,2-6,11-16,19H2,1H3,(H,35,36). The van der Waals surface area contributed by atoms with E-state index in [9.17, 15) is 14.7 Å². The van der Waals surface area contributed by atoms with Gasteiger partial charge >= 0.3 is 5.97 Å². The number of morpholine rings is 1. The minimum atomic E-state index is -0.904. The number of carbonyl (C=O) groups is 2. The van der Waals surface area contributed by atoms with E-state index in [0.717, 1.165) is 29.6 Å². The normalized spacial score (nSPS) is 18.4. The molecule has 7 heteroatoms. The van der Waals surface area contributed by atoms with E-state index in [2.05, 4.69) is 34.6 Å². The quantitative estimate of drug-likeness (QED) is 0.542. The molecule has 1 aliphatic carbocycles. The van der Waals surface area contributed by atoms with Crippen LogP contribution >= 0.6 is 0 Å². The van der Waals surface area contributed by atoms with Crippen molar-refractivity contribution in [2.24, 2.45) is 0 Å². The van der Waals surface area contributed by atoms with Crippen LogP contribution in [0.4, 0.5) is 5.69 Å². The van der Waals surface area contributed by atoms with Gasteiger partial charge in [0.05, 0.1) is 31.0 Å². The first-order valence-electron chi connectivity index (χ1n) is 13.6. The summed E-state index contributed by atoms with van der Waals surface area (Å²) in [5.74, 6) is -0.314. The molecule has 1 saturated heterocycles. The highest BCUT2D eigenvalue weighted by atomic mass is 16.5. The van der Waals surface area contributed by atoms with Crippen molar-refractivity contribution in [1.82, 2.24) is 9.47 Å². The molecule has 3 aliphatic rings. The molecule has 0 bridgehead atoms. The molecule has 6 rings (SSSR count). The highest BCUT2D eigenvalue weighted by Crippen LogP contribution is 2.47. The molecule has 1 saturated carbocycles. The number of benzene rings is 2. The van der Waals surface area contributed by atoms with Crippen LogP contribution in [-0.4, -0.2) is 65.8 Å². The lowest BCUT2D eigenvalue weighted by atomic mass is 9.81. The molecule has 0 radical (unpaired) electrons. The second-order valence-electron chi connectivity index (χ2n) is 10.7. The Morgan fingerprint density at radius 1 is 0.973 bits per heavy atom. The zero-order valence-corrected chi connectivity index (χ0v) is 21.5. The molecule has 3 heterocycles. The number of fused-ring (bicyclic) bond motifs is 5. The van der Waals surface area contributed by atoms with Crippen LogP contribution in [0, 0.1) is 6.92 Å². The van der Waals surface area contributed by atoms with Crippen LogP contribution in [0.3, 0.4) is 0 Å². The summed E-state index contributed by atoms with van der Waals surface area (Å²) >= 11 is 0. The molecular weight excluding hydrogens is 466 g/mol. The van der Waals surface area contributed by atoms with E-state index in [1.807, 2.05) is 17.0 Å². The Bertz CT molecular complexity index is 1350. The Morgan fingerprint density at radius 3 is 2.51 bits per heavy atom. The summed E-state index contributed by atoms with van der Waals surface area (Å²) in [7, 11) is 0. The molecule has 0 unspecified atom stereocenters. The average molecular weight is 502 g/mol. The topological polar surface area (TPSA) is 75.0 Å². The lowest BCUT2D eigenvalue weighted by Crippen LogP contribution is -2.46. The van der Waals surface area contributed by atoms with Crippen LogP contribution in [-0.2, 0) is 16.1 Å². The van der Waals surface area contributed by atoms with Gasteiger partial charge in [0, 0.05) is 48.3 Å². The first-order valence-corrected chi connectivity index (χ1v) is 13.6. The number of aryl methyl sites for hydroxylation is 1. The minimum Gasteiger partial charge on any atom is -0.478 e. The summed E-state index contributed by atoms with van der Waals surface area (Å²) in [5, 5.41) is 10.9. The predicted octanol–water partition coefficient (Wildman–Crippen LogP) is 5.04. The fourth-order valence-electron chi connectivity index (χ4n) is 6.52. The number of carbonyl (C=O) groups excluding carboxylic acids is 1. The number of nitrogens with zero attached hydrogens (tertiary/aromatic N) is 3. The highest BCUT2D eigenvalue weighted by Gasteiger charge is 2.31. The fraction of sp³-hybridized carbons (Fsp3) is 0.467. The Hall–Kier alpha value is -3.32. The van der Waals surface area contributed by atoms with E-state index in [4.69, 9.17) is 4.74 Å². The van der Waals surface area contributed by atoms with Crippen LogP contribution in [0.5, 0.6) is 0 Å². The van der Waals surface area contributed by atoms with E-state index in [0.29, 0.717) is 57.4 Å². The molecule has 1 amide bonds. The number of ether oxygens (including phenoxy) is 1. The molecule has 7 nitrogen and oxygen atoms in total. The molecule has 3 aromatic rings. The van der Waals surface area contributed by atoms with Gasteiger partial charge in [-0.3, -0.25) is 4.79 Å². The van der Waals surface area contributed by atoms with Crippen LogP contribution < -0.4 is 4.90 Å². The number of carboxylic acids is 1. The van der Waals surface area contributed by atoms with Gasteiger partial charge in [0.25, 0.3) is 0 Å². The largest absolute Gasteiger partial charge is 0.478 e. The number of hydrogen-bond donors (Lipinski definition) is 1. The third-order valence-electron chi connectivity index (χ3n) is 8.40. The lowest BCUT2D eigenvalue weighted by Gasteiger charge is -2.31. The van der Waals surface area contributed by atoms with Crippen molar-refractivity contribution in [3.05, 3.63) is 53.1 Å². The molecule has 37 heavy (non-hydrogen) atoms. The molecule has 2 aliphatic heterocycles. The van der Waals surface area contributed by atoms with E-state index < -0.39 is 5.97 Å². The van der Waals surface area contributed by atoms with Crippen molar-refractivity contribution in [3.63, 3.8) is 0 Å². The lowest BCUT2D eigenvalue weighted by molar-refractivity contribution is -0.133. The maximum absolute atomic E-state index is 13.3. The maximum Gasteiger partial charge on any atom is 0.335 e. The van der Waals surface area contributed by atoms with Crippen molar-refractivity contribution < 1.29 is 19.4 Å². The summed E-state index contributed by atoms with van der Waals surface area (Å²) in [6, 6.07) is 12.2. The van der Waals surface area contributed by atoms with E-state index >= 15 is 0 Å². The molecule has 0 spiro atoms. The number of aromatic nitrogens is 1. The smallest absolute Gasteiger partial charge is 0.335 e. The van der Waals surface area contributed by atoms with Gasteiger partial charge in [0.15, 0.2) is 0 Å². The molecule has 1 aromatic heterocycles. The van der Waals surface area contributed by atoms with E-state index in [1.165, 1.54) is 41.5 Å². The van der Waals surface area contributed by atoms with Crippen molar-refractivity contribution in [1.29, 1.82) is 0 Å². The van der Waals surface area contributed by atoms with Gasteiger partial charge in [-0.15, -0.1) is 0 Å². The Balaban J connectivity index is 1.50. The SMILES string of the molecule is Cc1ccc2c(c1)N(CC(=O)N1CCOCC1)CCn1c-2c(C2CCCCC2)c2ccc(C(=O)O)cc21. The Morgan fingerprint density at radius 2 is 1.76 bits per heavy atom. The van der Waals surface area contributed by atoms with E-state index in [1.54, 1.807) is 6.07 Å². The monoisotopic (exact) mass is 501 g/mol. The molecule has 0 atom stereocenters. The number of rotatable bonds is 4. The summed E-state index contributed by atoms with van der Waals surface area (Å²) in [4.78, 5) is 29.3. The molecule has 2 aromatic carbocycles. The van der Waals surface area contributed by atoms with E-state index in [-0.39, 0.29) is 5.91 Å². The number of amides is 1. The van der Waals surface area contributed by atoms with Crippen LogP contribution in [0.2, 0.25) is 0 Å². The Kier molecular flexibility index (Phi) is 6.41. The van der Waals surface area contributed by atoms with Gasteiger partial charge in [-0.2, -0.15) is 0 Å². The van der Waals surface area contributed by atoms with Gasteiger partial charge in [-0.25, -0.2) is 4.79 Å². The maximum atomic E-state index is 13.3. The third kappa shape index (κ3) is 4.39. The van der Waals surface area contributed by atoms with Crippen molar-refractivity contribution in [2.75, 3.05) is 44.3 Å². The molecule has 194 valence electrons. The van der Waals surface area contributed by atoms with Gasteiger partial charge in [-0.1, -0.05) is 37.5 Å². The van der Waals surface area contributed by atoms with Gasteiger partial charge in [-0.05, 0) is 55.0 Å².